The van der Waals surface area contributed by atoms with Crippen LogP contribution in [0.5, 0.6) is 0 Å². The molecule has 2 aromatic carbocycles. The van der Waals surface area contributed by atoms with Crippen molar-refractivity contribution in [1.29, 1.82) is 0 Å². The van der Waals surface area contributed by atoms with Gasteiger partial charge in [-0.15, -0.1) is 0 Å². The molecule has 1 atom stereocenters. The van der Waals surface area contributed by atoms with E-state index in [0.717, 1.165) is 5.92 Å². The van der Waals surface area contributed by atoms with Gasteiger partial charge in [-0.25, -0.2) is 0 Å². The third kappa shape index (κ3) is 2.30. The molecule has 0 aliphatic heterocycles. The van der Waals surface area contributed by atoms with Crippen LogP contribution in [0.15, 0.2) is 53.0 Å². The van der Waals surface area contributed by atoms with E-state index in [2.05, 4.69) is 64.5 Å². The average Bonchev–Trinajstić information content (AvgIpc) is 2.74. The maximum Gasteiger partial charge on any atom is 0.0210 e. The predicted molar refractivity (Wildman–Crippen MR) is 75.2 cm³/mol. The summed E-state index contributed by atoms with van der Waals surface area (Å²) in [6.07, 6.45) is 3.64. The minimum absolute atomic E-state index is 0.770. The minimum Gasteiger partial charge on any atom is -0.0622 e. The summed E-state index contributed by atoms with van der Waals surface area (Å²) in [5, 5.41) is 0. The monoisotopic (exact) mass is 286 g/mol. The summed E-state index contributed by atoms with van der Waals surface area (Å²) in [5.41, 5.74) is 4.51. The van der Waals surface area contributed by atoms with Crippen molar-refractivity contribution in [3.63, 3.8) is 0 Å². The molecule has 1 heteroatoms. The second-order valence-corrected chi connectivity index (χ2v) is 5.70. The molecule has 0 spiro atoms. The second kappa shape index (κ2) is 4.66. The van der Waals surface area contributed by atoms with E-state index in [1.807, 2.05) is 0 Å². The quantitative estimate of drug-likeness (QED) is 0.767. The standard InChI is InChI=1S/C16H15Br/c17-16-8-4-7-14-10-13(11-15(14)16)9-12-5-2-1-3-6-12/h1-8,13H,9-11H2/t13-/m0/s1. The molecule has 86 valence electrons. The predicted octanol–water partition coefficient (Wildman–Crippen LogP) is 4.41. The molecule has 1 aliphatic carbocycles. The van der Waals surface area contributed by atoms with Gasteiger partial charge in [-0.2, -0.15) is 0 Å². The Hall–Kier alpha value is -1.08. The third-order valence-electron chi connectivity index (χ3n) is 3.58. The van der Waals surface area contributed by atoms with Gasteiger partial charge in [-0.3, -0.25) is 0 Å². The zero-order chi connectivity index (χ0) is 11.7. The molecule has 0 fully saturated rings. The largest absolute Gasteiger partial charge is 0.0622 e. The molecule has 1 aliphatic rings. The van der Waals surface area contributed by atoms with E-state index >= 15 is 0 Å². The fraction of sp³-hybridized carbons (Fsp3) is 0.250. The smallest absolute Gasteiger partial charge is 0.0210 e. The van der Waals surface area contributed by atoms with Crippen LogP contribution in [0.1, 0.15) is 16.7 Å². The van der Waals surface area contributed by atoms with Gasteiger partial charge in [0.2, 0.25) is 0 Å². The lowest BCUT2D eigenvalue weighted by Crippen LogP contribution is -2.03. The van der Waals surface area contributed by atoms with E-state index in [1.54, 1.807) is 0 Å². The zero-order valence-corrected chi connectivity index (χ0v) is 11.3. The van der Waals surface area contributed by atoms with Gasteiger partial charge in [0.25, 0.3) is 0 Å². The van der Waals surface area contributed by atoms with Crippen LogP contribution in [-0.2, 0) is 19.3 Å². The van der Waals surface area contributed by atoms with Crippen LogP contribution in [0, 0.1) is 5.92 Å². The molecule has 0 bridgehead atoms. The molecule has 0 nitrogen and oxygen atoms in total. The number of fused-ring (bicyclic) bond motifs is 1. The fourth-order valence-electron chi connectivity index (χ4n) is 2.79. The Balaban J connectivity index is 1.77. The molecule has 0 radical (unpaired) electrons. The van der Waals surface area contributed by atoms with E-state index in [0.29, 0.717) is 0 Å². The highest BCUT2D eigenvalue weighted by atomic mass is 79.9. The molecule has 0 N–H and O–H groups in total. The van der Waals surface area contributed by atoms with Gasteiger partial charge in [0, 0.05) is 4.47 Å². The number of halogens is 1. The molecule has 2 aromatic rings. The summed E-state index contributed by atoms with van der Waals surface area (Å²) in [4.78, 5) is 0. The summed E-state index contributed by atoms with van der Waals surface area (Å²) in [6.45, 7) is 0. The number of benzene rings is 2. The Bertz CT molecular complexity index is 516. The van der Waals surface area contributed by atoms with Crippen molar-refractivity contribution >= 4 is 15.9 Å². The summed E-state index contributed by atoms with van der Waals surface area (Å²) in [5.74, 6) is 0.770. The Morgan fingerprint density at radius 2 is 1.76 bits per heavy atom. The Labute approximate surface area is 111 Å². The first-order chi connectivity index (χ1) is 8.33. The van der Waals surface area contributed by atoms with Crippen molar-refractivity contribution < 1.29 is 0 Å². The van der Waals surface area contributed by atoms with E-state index in [-0.39, 0.29) is 0 Å². The van der Waals surface area contributed by atoms with Crippen LogP contribution in [-0.4, -0.2) is 0 Å². The summed E-state index contributed by atoms with van der Waals surface area (Å²) in [6, 6.07) is 17.4. The van der Waals surface area contributed by atoms with Gasteiger partial charge in [0.1, 0.15) is 0 Å². The van der Waals surface area contributed by atoms with Gasteiger partial charge >= 0.3 is 0 Å². The van der Waals surface area contributed by atoms with Crippen molar-refractivity contribution in [3.05, 3.63) is 69.7 Å². The average molecular weight is 287 g/mol. The molecule has 0 saturated heterocycles. The first-order valence-electron chi connectivity index (χ1n) is 6.13. The number of rotatable bonds is 2. The Kier molecular flexibility index (Phi) is 3.02. The van der Waals surface area contributed by atoms with Crippen LogP contribution in [0.3, 0.4) is 0 Å². The SMILES string of the molecule is Brc1cccc2c1C[C@@H](Cc1ccccc1)C2. The lowest BCUT2D eigenvalue weighted by atomic mass is 9.97. The molecule has 0 unspecified atom stereocenters. The van der Waals surface area contributed by atoms with Gasteiger partial charge in [0.15, 0.2) is 0 Å². The first-order valence-corrected chi connectivity index (χ1v) is 6.92. The molecule has 0 heterocycles. The summed E-state index contributed by atoms with van der Waals surface area (Å²) >= 11 is 3.66. The molecule has 0 saturated carbocycles. The molecule has 0 amide bonds. The van der Waals surface area contributed by atoms with Crippen LogP contribution in [0.2, 0.25) is 0 Å². The normalized spacial score (nSPS) is 18.1. The van der Waals surface area contributed by atoms with Gasteiger partial charge < -0.3 is 0 Å². The van der Waals surface area contributed by atoms with Crippen LogP contribution >= 0.6 is 15.9 Å². The molecule has 3 rings (SSSR count). The lowest BCUT2D eigenvalue weighted by molar-refractivity contribution is 0.559. The van der Waals surface area contributed by atoms with Crippen molar-refractivity contribution in [2.24, 2.45) is 5.92 Å². The highest BCUT2D eigenvalue weighted by molar-refractivity contribution is 9.10. The minimum atomic E-state index is 0.770. The summed E-state index contributed by atoms with van der Waals surface area (Å²) in [7, 11) is 0. The van der Waals surface area contributed by atoms with Crippen molar-refractivity contribution in [2.45, 2.75) is 19.3 Å². The first kappa shape index (κ1) is 11.0. The van der Waals surface area contributed by atoms with Crippen LogP contribution in [0.25, 0.3) is 0 Å². The van der Waals surface area contributed by atoms with Crippen LogP contribution in [0.4, 0.5) is 0 Å². The van der Waals surface area contributed by atoms with Crippen LogP contribution < -0.4 is 0 Å². The third-order valence-corrected chi connectivity index (χ3v) is 4.33. The van der Waals surface area contributed by atoms with Gasteiger partial charge in [0.05, 0.1) is 0 Å². The lowest BCUT2D eigenvalue weighted by Gasteiger charge is -2.08. The number of hydrogen-bond donors (Lipinski definition) is 0. The van der Waals surface area contributed by atoms with Crippen molar-refractivity contribution in [3.8, 4) is 0 Å². The highest BCUT2D eigenvalue weighted by Crippen LogP contribution is 2.33. The van der Waals surface area contributed by atoms with E-state index < -0.39 is 0 Å². The molecule has 0 aromatic heterocycles. The van der Waals surface area contributed by atoms with Gasteiger partial charge in [-0.1, -0.05) is 58.4 Å². The molecule has 17 heavy (non-hydrogen) atoms. The molecular weight excluding hydrogens is 272 g/mol. The highest BCUT2D eigenvalue weighted by Gasteiger charge is 2.22. The maximum atomic E-state index is 3.66. The van der Waals surface area contributed by atoms with Crippen molar-refractivity contribution in [1.82, 2.24) is 0 Å². The fourth-order valence-corrected chi connectivity index (χ4v) is 3.36. The Morgan fingerprint density at radius 1 is 0.941 bits per heavy atom. The van der Waals surface area contributed by atoms with E-state index in [9.17, 15) is 0 Å². The van der Waals surface area contributed by atoms with E-state index in [1.165, 1.54) is 40.4 Å². The zero-order valence-electron chi connectivity index (χ0n) is 9.70. The second-order valence-electron chi connectivity index (χ2n) is 4.84. The van der Waals surface area contributed by atoms with Gasteiger partial charge in [-0.05, 0) is 47.9 Å². The Morgan fingerprint density at radius 3 is 2.53 bits per heavy atom. The van der Waals surface area contributed by atoms with E-state index in [4.69, 9.17) is 0 Å². The maximum absolute atomic E-state index is 3.66. The number of hydrogen-bond acceptors (Lipinski definition) is 0. The summed E-state index contributed by atoms with van der Waals surface area (Å²) < 4.78 is 1.28. The topological polar surface area (TPSA) is 0 Å². The molecular formula is C16H15Br. The van der Waals surface area contributed by atoms with Crippen molar-refractivity contribution in [2.75, 3.05) is 0 Å².